The number of phenolic OH excluding ortho intramolecular Hbond substituents is 1. The van der Waals surface area contributed by atoms with E-state index in [1.807, 2.05) is 25.1 Å². The molecule has 0 heterocycles. The van der Waals surface area contributed by atoms with Crippen LogP contribution in [0.15, 0.2) is 82.6 Å². The molecule has 1 aliphatic rings. The normalized spacial score (nSPS) is 15.4. The van der Waals surface area contributed by atoms with Crippen LogP contribution in [0, 0.1) is 12.3 Å². The van der Waals surface area contributed by atoms with Gasteiger partial charge in [-0.1, -0.05) is 73.5 Å². The van der Waals surface area contributed by atoms with Crippen LogP contribution in [0.2, 0.25) is 0 Å². The predicted octanol–water partition coefficient (Wildman–Crippen LogP) is 7.33. The number of hydrogen-bond acceptors (Lipinski definition) is 4. The van der Waals surface area contributed by atoms with E-state index in [0.717, 1.165) is 33.8 Å². The molecule has 0 unspecified atom stereocenters. The molecular weight excluding hydrogens is 426 g/mol. The minimum absolute atomic E-state index is 0.00156. The van der Waals surface area contributed by atoms with Gasteiger partial charge in [0.05, 0.1) is 5.71 Å². The van der Waals surface area contributed by atoms with Gasteiger partial charge < -0.3 is 5.11 Å². The smallest absolute Gasteiger partial charge is 0.167 e. The maximum Gasteiger partial charge on any atom is 0.167 e. The number of phenols is 1. The van der Waals surface area contributed by atoms with Gasteiger partial charge in [-0.25, -0.2) is 0 Å². The van der Waals surface area contributed by atoms with Crippen LogP contribution in [-0.2, 0) is 10.2 Å². The molecule has 168 valence electrons. The van der Waals surface area contributed by atoms with E-state index in [1.165, 1.54) is 30.4 Å². The van der Waals surface area contributed by atoms with E-state index in [9.17, 15) is 9.90 Å². The molecule has 2 N–H and O–H groups in total. The number of aldehydes is 1. The minimum atomic E-state index is -0.0365. The Kier molecular flexibility index (Phi) is 7.14. The molecule has 0 radical (unpaired) electrons. The van der Waals surface area contributed by atoms with Crippen molar-refractivity contribution in [1.29, 1.82) is 5.41 Å². The van der Waals surface area contributed by atoms with E-state index in [2.05, 4.69) is 42.5 Å². The second-order valence-electron chi connectivity index (χ2n) is 8.71. The van der Waals surface area contributed by atoms with Crippen molar-refractivity contribution in [3.05, 3.63) is 95.1 Å². The summed E-state index contributed by atoms with van der Waals surface area (Å²) in [6, 6.07) is 22.8. The molecule has 3 aromatic rings. The minimum Gasteiger partial charge on any atom is -0.508 e. The third kappa shape index (κ3) is 5.12. The van der Waals surface area contributed by atoms with Gasteiger partial charge in [0.15, 0.2) is 6.29 Å². The molecule has 33 heavy (non-hydrogen) atoms. The first kappa shape index (κ1) is 23.1. The molecule has 1 fully saturated rings. The maximum atomic E-state index is 10.8. The number of nitrogens with one attached hydrogen (secondary N) is 1. The van der Waals surface area contributed by atoms with Gasteiger partial charge in [-0.05, 0) is 78.4 Å². The number of aryl methyl sites for hydroxylation is 1. The Hall–Kier alpha value is -3.11. The van der Waals surface area contributed by atoms with Gasteiger partial charge in [0.25, 0.3) is 0 Å². The summed E-state index contributed by atoms with van der Waals surface area (Å²) in [6.07, 6.45) is 9.91. The fourth-order valence-electron chi connectivity index (χ4n) is 4.82. The summed E-state index contributed by atoms with van der Waals surface area (Å²) >= 11 is 1.70. The number of carbonyl (C=O) groups is 1. The first-order chi connectivity index (χ1) is 16.0. The lowest BCUT2D eigenvalue weighted by atomic mass is 9.65. The van der Waals surface area contributed by atoms with E-state index in [4.69, 9.17) is 5.41 Å². The van der Waals surface area contributed by atoms with Gasteiger partial charge >= 0.3 is 0 Å². The molecule has 0 amide bonds. The van der Waals surface area contributed by atoms with E-state index < -0.39 is 0 Å². The number of carbonyl (C=O) groups excluding carboxylic acids is 1. The molecule has 3 nitrogen and oxygen atoms in total. The van der Waals surface area contributed by atoms with Crippen molar-refractivity contribution in [2.45, 2.75) is 54.2 Å². The van der Waals surface area contributed by atoms with Crippen molar-refractivity contribution in [1.82, 2.24) is 0 Å². The van der Waals surface area contributed by atoms with Crippen molar-refractivity contribution in [2.75, 3.05) is 0 Å². The zero-order valence-corrected chi connectivity index (χ0v) is 19.7. The number of aromatic hydroxyl groups is 1. The maximum absolute atomic E-state index is 10.8. The van der Waals surface area contributed by atoms with E-state index >= 15 is 0 Å². The highest BCUT2D eigenvalue weighted by Gasteiger charge is 2.35. The third-order valence-electron chi connectivity index (χ3n) is 6.60. The van der Waals surface area contributed by atoms with Gasteiger partial charge in [-0.15, -0.1) is 0 Å². The van der Waals surface area contributed by atoms with Crippen LogP contribution >= 0.6 is 11.8 Å². The highest BCUT2D eigenvalue weighted by molar-refractivity contribution is 7.99. The van der Waals surface area contributed by atoms with Crippen LogP contribution in [0.1, 0.15) is 54.4 Å². The molecule has 1 aliphatic carbocycles. The van der Waals surface area contributed by atoms with Crippen LogP contribution in [0.25, 0.3) is 6.08 Å². The van der Waals surface area contributed by atoms with Crippen molar-refractivity contribution in [3.8, 4) is 5.75 Å². The largest absolute Gasteiger partial charge is 0.508 e. The molecule has 0 saturated heterocycles. The Labute approximate surface area is 200 Å². The van der Waals surface area contributed by atoms with E-state index in [-0.39, 0.29) is 11.1 Å². The van der Waals surface area contributed by atoms with E-state index in [1.54, 1.807) is 30.0 Å². The summed E-state index contributed by atoms with van der Waals surface area (Å²) in [5.74, 6) is 0.308. The SMILES string of the molecule is Cc1cccc(Sc2ccc(C3(c4ccc(O)cc4)CCCCC3)cc2)c1/C=C\C(=N)C=O. The van der Waals surface area contributed by atoms with Crippen LogP contribution in [0.3, 0.4) is 0 Å². The lowest BCUT2D eigenvalue weighted by Crippen LogP contribution is -2.30. The first-order valence-electron chi connectivity index (χ1n) is 11.4. The summed E-state index contributed by atoms with van der Waals surface area (Å²) in [6.45, 7) is 2.04. The zero-order chi connectivity index (χ0) is 23.3. The lowest BCUT2D eigenvalue weighted by Gasteiger charge is -2.38. The average molecular weight is 456 g/mol. The fraction of sp³-hybridized carbons (Fsp3) is 0.241. The number of allylic oxidation sites excluding steroid dienone is 1. The van der Waals surface area contributed by atoms with Crippen molar-refractivity contribution < 1.29 is 9.90 Å². The summed E-state index contributed by atoms with van der Waals surface area (Å²) in [5, 5.41) is 17.4. The number of benzene rings is 3. The lowest BCUT2D eigenvalue weighted by molar-refractivity contribution is -0.102. The molecule has 0 aliphatic heterocycles. The molecule has 4 rings (SSSR count). The summed E-state index contributed by atoms with van der Waals surface area (Å²) in [4.78, 5) is 13.1. The van der Waals surface area contributed by atoms with Gasteiger partial charge in [0.2, 0.25) is 0 Å². The number of hydrogen-bond donors (Lipinski definition) is 2. The highest BCUT2D eigenvalue weighted by atomic mass is 32.2. The highest BCUT2D eigenvalue weighted by Crippen LogP contribution is 2.46. The Balaban J connectivity index is 1.63. The summed E-state index contributed by atoms with van der Waals surface area (Å²) < 4.78 is 0. The van der Waals surface area contributed by atoms with Gasteiger partial charge in [0, 0.05) is 15.2 Å². The molecule has 3 aromatic carbocycles. The Morgan fingerprint density at radius 1 is 0.939 bits per heavy atom. The molecule has 4 heteroatoms. The van der Waals surface area contributed by atoms with E-state index in [0.29, 0.717) is 12.0 Å². The van der Waals surface area contributed by atoms with Crippen LogP contribution in [0.4, 0.5) is 0 Å². The standard InChI is InChI=1S/C29H29NO2S/c1-21-6-5-7-28(27(21)17-12-24(30)20-31)33-26-15-10-23(11-16-26)29(18-3-2-4-19-29)22-8-13-25(32)14-9-22/h5-17,20,30,32H,2-4,18-19H2,1H3/b17-12-,30-24?. The van der Waals surface area contributed by atoms with Gasteiger partial charge in [0.1, 0.15) is 5.75 Å². The first-order valence-corrected chi connectivity index (χ1v) is 12.2. The molecule has 0 atom stereocenters. The molecule has 0 aromatic heterocycles. The Morgan fingerprint density at radius 2 is 1.58 bits per heavy atom. The number of rotatable bonds is 7. The third-order valence-corrected chi connectivity index (χ3v) is 7.69. The topological polar surface area (TPSA) is 61.1 Å². The summed E-state index contributed by atoms with van der Waals surface area (Å²) in [5.41, 5.74) is 4.73. The molecule has 0 bridgehead atoms. The van der Waals surface area contributed by atoms with Crippen molar-refractivity contribution in [3.63, 3.8) is 0 Å². The van der Waals surface area contributed by atoms with Crippen molar-refractivity contribution in [2.24, 2.45) is 0 Å². The zero-order valence-electron chi connectivity index (χ0n) is 18.9. The average Bonchev–Trinajstić information content (AvgIpc) is 2.85. The van der Waals surface area contributed by atoms with Crippen LogP contribution < -0.4 is 0 Å². The molecule has 1 saturated carbocycles. The van der Waals surface area contributed by atoms with Crippen molar-refractivity contribution >= 4 is 29.8 Å². The second kappa shape index (κ2) is 10.2. The Morgan fingerprint density at radius 3 is 2.21 bits per heavy atom. The fourth-order valence-corrected chi connectivity index (χ4v) is 5.83. The predicted molar refractivity (Wildman–Crippen MR) is 137 cm³/mol. The molecular formula is C29H29NO2S. The second-order valence-corrected chi connectivity index (χ2v) is 9.82. The van der Waals surface area contributed by atoms with Crippen LogP contribution in [-0.4, -0.2) is 17.1 Å². The monoisotopic (exact) mass is 455 g/mol. The molecule has 0 spiro atoms. The quantitative estimate of drug-likeness (QED) is 0.289. The van der Waals surface area contributed by atoms with Crippen LogP contribution in [0.5, 0.6) is 5.75 Å². The van der Waals surface area contributed by atoms with Gasteiger partial charge in [-0.3, -0.25) is 10.2 Å². The Bertz CT molecular complexity index is 1160. The summed E-state index contributed by atoms with van der Waals surface area (Å²) in [7, 11) is 0. The van der Waals surface area contributed by atoms with Gasteiger partial charge in [-0.2, -0.15) is 0 Å².